The van der Waals surface area contributed by atoms with E-state index in [2.05, 4.69) is 10.6 Å². The van der Waals surface area contributed by atoms with Crippen LogP contribution in [0.4, 0.5) is 0 Å². The Morgan fingerprint density at radius 3 is 2.25 bits per heavy atom. The van der Waals surface area contributed by atoms with Gasteiger partial charge in [-0.05, 0) is 32.4 Å². The second kappa shape index (κ2) is 5.55. The van der Waals surface area contributed by atoms with Gasteiger partial charge in [0, 0.05) is 0 Å². The molecule has 72 valence electrons. The number of nitrogens with one attached hydrogen (secondary N) is 1. The van der Waals surface area contributed by atoms with E-state index in [0.29, 0.717) is 0 Å². The molecule has 0 unspecified atom stereocenters. The molecular weight excluding hydrogens is 148 g/mol. The fraction of sp³-hybridized carbons (Fsp3) is 1.00. The van der Waals surface area contributed by atoms with Gasteiger partial charge in [-0.1, -0.05) is 18.8 Å². The molecule has 0 radical (unpaired) electrons. The highest BCUT2D eigenvalue weighted by atomic mass is 14.8. The summed E-state index contributed by atoms with van der Waals surface area (Å²) in [5.41, 5.74) is 0. The van der Waals surface area contributed by atoms with Crippen molar-refractivity contribution in [2.75, 3.05) is 27.2 Å². The minimum Gasteiger partial charge on any atom is -0.665 e. The fourth-order valence-electron chi connectivity index (χ4n) is 2.17. The maximum Gasteiger partial charge on any atom is -0.00235 e. The Hall–Kier alpha value is -0.0800. The van der Waals surface area contributed by atoms with E-state index in [9.17, 15) is 0 Å². The minimum absolute atomic E-state index is 0.892. The molecule has 12 heavy (non-hydrogen) atoms. The molecular formula is C10H21N2-. The SMILES string of the molecule is C[N-]CC1CCC(CNC)CC1. The van der Waals surface area contributed by atoms with Gasteiger partial charge in [0.15, 0.2) is 0 Å². The fourth-order valence-corrected chi connectivity index (χ4v) is 2.17. The highest BCUT2D eigenvalue weighted by Gasteiger charge is 2.17. The van der Waals surface area contributed by atoms with Crippen LogP contribution in [0.15, 0.2) is 0 Å². The molecule has 0 bridgehead atoms. The Morgan fingerprint density at radius 1 is 1.17 bits per heavy atom. The van der Waals surface area contributed by atoms with Gasteiger partial charge < -0.3 is 10.6 Å². The monoisotopic (exact) mass is 169 g/mol. The van der Waals surface area contributed by atoms with E-state index in [0.717, 1.165) is 18.4 Å². The summed E-state index contributed by atoms with van der Waals surface area (Å²) in [6.07, 6.45) is 5.59. The number of rotatable bonds is 4. The van der Waals surface area contributed by atoms with Crippen molar-refractivity contribution in [1.29, 1.82) is 0 Å². The zero-order chi connectivity index (χ0) is 8.81. The van der Waals surface area contributed by atoms with Crippen LogP contribution in [0.2, 0.25) is 0 Å². The van der Waals surface area contributed by atoms with E-state index >= 15 is 0 Å². The van der Waals surface area contributed by atoms with Gasteiger partial charge in [-0.3, -0.25) is 0 Å². The molecule has 0 aromatic rings. The Labute approximate surface area is 76.1 Å². The molecule has 2 heteroatoms. The van der Waals surface area contributed by atoms with Crippen molar-refractivity contribution >= 4 is 0 Å². The topological polar surface area (TPSA) is 26.1 Å². The van der Waals surface area contributed by atoms with E-state index in [1.807, 2.05) is 14.1 Å². The van der Waals surface area contributed by atoms with E-state index in [1.165, 1.54) is 32.2 Å². The third kappa shape index (κ3) is 3.11. The summed E-state index contributed by atoms with van der Waals surface area (Å²) in [4.78, 5) is 0. The average Bonchev–Trinajstić information content (AvgIpc) is 2.09. The molecule has 1 rings (SSSR count). The summed E-state index contributed by atoms with van der Waals surface area (Å²) in [5, 5.41) is 7.48. The van der Waals surface area contributed by atoms with Gasteiger partial charge in [0.25, 0.3) is 0 Å². The van der Waals surface area contributed by atoms with Crippen LogP contribution in [0, 0.1) is 11.8 Å². The summed E-state index contributed by atoms with van der Waals surface area (Å²) in [7, 11) is 3.98. The summed E-state index contributed by atoms with van der Waals surface area (Å²) in [5.74, 6) is 1.83. The number of nitrogens with zero attached hydrogens (tertiary/aromatic N) is 1. The van der Waals surface area contributed by atoms with Crippen molar-refractivity contribution in [2.24, 2.45) is 11.8 Å². The van der Waals surface area contributed by atoms with Crippen molar-refractivity contribution in [1.82, 2.24) is 5.32 Å². The molecule has 0 aliphatic heterocycles. The van der Waals surface area contributed by atoms with Gasteiger partial charge in [-0.2, -0.15) is 7.05 Å². The molecule has 0 aromatic heterocycles. The third-order valence-electron chi connectivity index (χ3n) is 2.90. The van der Waals surface area contributed by atoms with Crippen LogP contribution < -0.4 is 5.32 Å². The van der Waals surface area contributed by atoms with Crippen LogP contribution in [0.1, 0.15) is 25.7 Å². The van der Waals surface area contributed by atoms with Crippen molar-refractivity contribution in [3.05, 3.63) is 5.32 Å². The van der Waals surface area contributed by atoms with E-state index < -0.39 is 0 Å². The van der Waals surface area contributed by atoms with E-state index in [-0.39, 0.29) is 0 Å². The molecule has 0 atom stereocenters. The second-order valence-corrected chi connectivity index (χ2v) is 3.94. The molecule has 0 aromatic carbocycles. The lowest BCUT2D eigenvalue weighted by molar-refractivity contribution is 0.281. The Kier molecular flexibility index (Phi) is 4.62. The highest BCUT2D eigenvalue weighted by Crippen LogP contribution is 2.28. The number of hydrogen-bond donors (Lipinski definition) is 1. The molecule has 1 saturated carbocycles. The first-order chi connectivity index (χ1) is 5.86. The molecule has 1 N–H and O–H groups in total. The lowest BCUT2D eigenvalue weighted by Crippen LogP contribution is -2.24. The van der Waals surface area contributed by atoms with Gasteiger partial charge in [-0.25, -0.2) is 0 Å². The zero-order valence-electron chi connectivity index (χ0n) is 8.34. The van der Waals surface area contributed by atoms with Crippen LogP contribution in [0.3, 0.4) is 0 Å². The molecule has 0 saturated heterocycles. The van der Waals surface area contributed by atoms with Crippen LogP contribution in [-0.2, 0) is 0 Å². The van der Waals surface area contributed by atoms with Crippen LogP contribution in [0.25, 0.3) is 5.32 Å². The summed E-state index contributed by atoms with van der Waals surface area (Å²) < 4.78 is 0. The molecule has 1 aliphatic carbocycles. The molecule has 2 nitrogen and oxygen atoms in total. The molecule has 1 fully saturated rings. The Bertz CT molecular complexity index is 92.4. The summed E-state index contributed by atoms with van der Waals surface area (Å²) in [6, 6.07) is 0. The van der Waals surface area contributed by atoms with Gasteiger partial charge in [0.05, 0.1) is 0 Å². The standard InChI is InChI=1S/C10H21N2/c1-11-7-9-3-5-10(6-4-9)8-12-2/h9-11H,3-8H2,1-2H3/q-1. The first-order valence-electron chi connectivity index (χ1n) is 5.07. The van der Waals surface area contributed by atoms with Crippen LogP contribution in [0.5, 0.6) is 0 Å². The maximum absolute atomic E-state index is 4.21. The average molecular weight is 169 g/mol. The zero-order valence-corrected chi connectivity index (χ0v) is 8.34. The summed E-state index contributed by atoms with van der Waals surface area (Å²) in [6.45, 7) is 2.29. The molecule has 0 spiro atoms. The first kappa shape index (κ1) is 10.0. The van der Waals surface area contributed by atoms with Crippen molar-refractivity contribution in [2.45, 2.75) is 25.7 Å². The van der Waals surface area contributed by atoms with Crippen molar-refractivity contribution < 1.29 is 0 Å². The van der Waals surface area contributed by atoms with Crippen molar-refractivity contribution in [3.63, 3.8) is 0 Å². The van der Waals surface area contributed by atoms with E-state index in [1.54, 1.807) is 0 Å². The lowest BCUT2D eigenvalue weighted by Gasteiger charge is -2.31. The lowest BCUT2D eigenvalue weighted by atomic mass is 9.82. The highest BCUT2D eigenvalue weighted by molar-refractivity contribution is 4.81. The molecule has 1 aliphatic rings. The predicted octanol–water partition coefficient (Wildman–Crippen LogP) is 2.02. The largest absolute Gasteiger partial charge is 0.665 e. The van der Waals surface area contributed by atoms with E-state index in [4.69, 9.17) is 0 Å². The van der Waals surface area contributed by atoms with Gasteiger partial charge in [0.2, 0.25) is 0 Å². The van der Waals surface area contributed by atoms with Gasteiger partial charge >= 0.3 is 0 Å². The second-order valence-electron chi connectivity index (χ2n) is 3.94. The first-order valence-corrected chi connectivity index (χ1v) is 5.07. The Balaban J connectivity index is 2.11. The molecule has 0 amide bonds. The van der Waals surface area contributed by atoms with Crippen LogP contribution in [-0.4, -0.2) is 27.2 Å². The minimum atomic E-state index is 0.892. The number of hydrogen-bond acceptors (Lipinski definition) is 1. The quantitative estimate of drug-likeness (QED) is 0.684. The predicted molar refractivity (Wildman–Crippen MR) is 53.5 cm³/mol. The normalized spacial score (nSPS) is 30.5. The Morgan fingerprint density at radius 2 is 1.75 bits per heavy atom. The van der Waals surface area contributed by atoms with Gasteiger partial charge in [0.1, 0.15) is 0 Å². The summed E-state index contributed by atoms with van der Waals surface area (Å²) >= 11 is 0. The van der Waals surface area contributed by atoms with Crippen LogP contribution >= 0.6 is 0 Å². The third-order valence-corrected chi connectivity index (χ3v) is 2.90. The van der Waals surface area contributed by atoms with Gasteiger partial charge in [-0.15, -0.1) is 6.54 Å². The van der Waals surface area contributed by atoms with Crippen molar-refractivity contribution in [3.8, 4) is 0 Å². The molecule has 0 heterocycles. The maximum atomic E-state index is 4.21. The smallest absolute Gasteiger partial charge is 0.00235 e.